The van der Waals surface area contributed by atoms with Crippen LogP contribution in [0.1, 0.15) is 39.5 Å². The number of nitrogens with zero attached hydrogens (tertiary/aromatic N) is 2. The molecule has 0 radical (unpaired) electrons. The number of aryl methyl sites for hydroxylation is 1. The summed E-state index contributed by atoms with van der Waals surface area (Å²) in [6.07, 6.45) is 7.79. The molecule has 18 heavy (non-hydrogen) atoms. The third kappa shape index (κ3) is 3.34. The van der Waals surface area contributed by atoms with Crippen molar-refractivity contribution in [3.8, 4) is 0 Å². The van der Waals surface area contributed by atoms with Crippen LogP contribution in [0.15, 0.2) is 18.5 Å². The summed E-state index contributed by atoms with van der Waals surface area (Å²) in [5.41, 5.74) is 0. The zero-order valence-electron chi connectivity index (χ0n) is 11.3. The van der Waals surface area contributed by atoms with E-state index in [-0.39, 0.29) is 5.91 Å². The molecule has 3 atom stereocenters. The van der Waals surface area contributed by atoms with Gasteiger partial charge in [-0.15, -0.1) is 0 Å². The molecule has 0 unspecified atom stereocenters. The Labute approximate surface area is 109 Å². The second-order valence-corrected chi connectivity index (χ2v) is 5.46. The molecule has 4 heteroatoms. The van der Waals surface area contributed by atoms with E-state index in [4.69, 9.17) is 0 Å². The maximum Gasteiger partial charge on any atom is 0.222 e. The topological polar surface area (TPSA) is 46.9 Å². The number of nitrogens with one attached hydrogen (secondary N) is 1. The number of amides is 1. The van der Waals surface area contributed by atoms with Gasteiger partial charge in [0.1, 0.15) is 0 Å². The van der Waals surface area contributed by atoms with E-state index in [2.05, 4.69) is 24.3 Å². The van der Waals surface area contributed by atoms with E-state index in [1.54, 1.807) is 10.9 Å². The number of hydrogen-bond acceptors (Lipinski definition) is 2. The Balaban J connectivity index is 1.76. The van der Waals surface area contributed by atoms with Crippen LogP contribution < -0.4 is 5.32 Å². The molecule has 0 aliphatic heterocycles. The monoisotopic (exact) mass is 249 g/mol. The first kappa shape index (κ1) is 13.1. The van der Waals surface area contributed by atoms with Crippen LogP contribution in [0.2, 0.25) is 0 Å². The van der Waals surface area contributed by atoms with E-state index in [0.29, 0.717) is 24.9 Å². The second-order valence-electron chi connectivity index (χ2n) is 5.46. The molecule has 1 aliphatic carbocycles. The van der Waals surface area contributed by atoms with E-state index in [1.807, 2.05) is 12.3 Å². The summed E-state index contributed by atoms with van der Waals surface area (Å²) in [6, 6.07) is 2.24. The summed E-state index contributed by atoms with van der Waals surface area (Å²) in [5, 5.41) is 7.28. The Morgan fingerprint density at radius 3 is 3.00 bits per heavy atom. The van der Waals surface area contributed by atoms with Gasteiger partial charge in [0, 0.05) is 31.4 Å². The lowest BCUT2D eigenvalue weighted by molar-refractivity contribution is -0.122. The normalized spacial score (nSPS) is 28.0. The molecule has 1 N–H and O–H groups in total. The molecule has 2 rings (SSSR count). The summed E-state index contributed by atoms with van der Waals surface area (Å²) in [7, 11) is 0. The van der Waals surface area contributed by atoms with Gasteiger partial charge < -0.3 is 5.32 Å². The Bertz CT molecular complexity index is 374. The van der Waals surface area contributed by atoms with Crippen LogP contribution in [-0.2, 0) is 11.3 Å². The minimum atomic E-state index is 0.149. The first-order valence-corrected chi connectivity index (χ1v) is 6.93. The van der Waals surface area contributed by atoms with E-state index >= 15 is 0 Å². The molecule has 0 spiro atoms. The summed E-state index contributed by atoms with van der Waals surface area (Å²) < 4.78 is 1.80. The lowest BCUT2D eigenvalue weighted by Crippen LogP contribution is -2.43. The molecule has 0 aromatic carbocycles. The van der Waals surface area contributed by atoms with E-state index in [1.165, 1.54) is 12.8 Å². The molecular formula is C14H23N3O. The van der Waals surface area contributed by atoms with Gasteiger partial charge in [-0.3, -0.25) is 9.48 Å². The highest BCUT2D eigenvalue weighted by atomic mass is 16.1. The number of rotatable bonds is 4. The first-order chi connectivity index (χ1) is 8.66. The standard InChI is InChI=1S/C14H23N3O/c1-11-5-3-6-13(12(11)2)16-14(18)7-10-17-9-4-8-15-17/h4,8-9,11-13H,3,5-7,10H2,1-2H3,(H,16,18)/t11-,12-,13-/m1/s1. The summed E-state index contributed by atoms with van der Waals surface area (Å²) in [4.78, 5) is 11.9. The van der Waals surface area contributed by atoms with Crippen molar-refractivity contribution in [1.29, 1.82) is 0 Å². The molecule has 1 aliphatic rings. The molecular weight excluding hydrogens is 226 g/mol. The van der Waals surface area contributed by atoms with Crippen molar-refractivity contribution in [2.24, 2.45) is 11.8 Å². The molecule has 100 valence electrons. The quantitative estimate of drug-likeness (QED) is 0.889. The van der Waals surface area contributed by atoms with E-state index in [0.717, 1.165) is 12.3 Å². The second kappa shape index (κ2) is 6.03. The van der Waals surface area contributed by atoms with Gasteiger partial charge >= 0.3 is 0 Å². The zero-order valence-corrected chi connectivity index (χ0v) is 11.3. The Hall–Kier alpha value is -1.32. The molecule has 1 amide bonds. The summed E-state index contributed by atoms with van der Waals surface area (Å²) in [5.74, 6) is 1.46. The number of carbonyl (C=O) groups is 1. The van der Waals surface area contributed by atoms with Crippen molar-refractivity contribution < 1.29 is 4.79 Å². The van der Waals surface area contributed by atoms with Gasteiger partial charge in [0.15, 0.2) is 0 Å². The van der Waals surface area contributed by atoms with Gasteiger partial charge in [-0.2, -0.15) is 5.10 Å². The molecule has 1 fully saturated rings. The van der Waals surface area contributed by atoms with Gasteiger partial charge in [0.25, 0.3) is 0 Å². The molecule has 4 nitrogen and oxygen atoms in total. The van der Waals surface area contributed by atoms with Crippen molar-refractivity contribution in [3.05, 3.63) is 18.5 Å². The Kier molecular flexibility index (Phi) is 4.39. The predicted molar refractivity (Wildman–Crippen MR) is 71.0 cm³/mol. The zero-order chi connectivity index (χ0) is 13.0. The molecule has 1 saturated carbocycles. The van der Waals surface area contributed by atoms with Crippen LogP contribution in [-0.4, -0.2) is 21.7 Å². The van der Waals surface area contributed by atoms with E-state index < -0.39 is 0 Å². The van der Waals surface area contributed by atoms with Crippen LogP contribution in [0, 0.1) is 11.8 Å². The summed E-state index contributed by atoms with van der Waals surface area (Å²) >= 11 is 0. The van der Waals surface area contributed by atoms with E-state index in [9.17, 15) is 4.79 Å². The average molecular weight is 249 g/mol. The number of aromatic nitrogens is 2. The fourth-order valence-electron chi connectivity index (χ4n) is 2.71. The highest BCUT2D eigenvalue weighted by molar-refractivity contribution is 5.76. The molecule has 0 saturated heterocycles. The number of hydrogen-bond donors (Lipinski definition) is 1. The van der Waals surface area contributed by atoms with Gasteiger partial charge in [-0.1, -0.05) is 26.7 Å². The Morgan fingerprint density at radius 1 is 1.44 bits per heavy atom. The van der Waals surface area contributed by atoms with Gasteiger partial charge in [0.2, 0.25) is 5.91 Å². The predicted octanol–water partition coefficient (Wildman–Crippen LogP) is 2.21. The lowest BCUT2D eigenvalue weighted by Gasteiger charge is -2.34. The highest BCUT2D eigenvalue weighted by Crippen LogP contribution is 2.29. The van der Waals surface area contributed by atoms with Gasteiger partial charge in [-0.05, 0) is 24.3 Å². The maximum absolute atomic E-state index is 11.9. The molecule has 1 aromatic rings. The van der Waals surface area contributed by atoms with Crippen LogP contribution in [0.5, 0.6) is 0 Å². The summed E-state index contributed by atoms with van der Waals surface area (Å²) in [6.45, 7) is 5.20. The first-order valence-electron chi connectivity index (χ1n) is 6.93. The third-order valence-electron chi connectivity index (χ3n) is 4.18. The van der Waals surface area contributed by atoms with Gasteiger partial charge in [0.05, 0.1) is 0 Å². The Morgan fingerprint density at radius 2 is 2.28 bits per heavy atom. The van der Waals surface area contributed by atoms with Crippen molar-refractivity contribution in [2.75, 3.05) is 0 Å². The SMILES string of the molecule is C[C@@H]1[C@H](C)CCC[C@H]1NC(=O)CCn1cccn1. The third-order valence-corrected chi connectivity index (χ3v) is 4.18. The maximum atomic E-state index is 11.9. The van der Waals surface area contributed by atoms with Crippen LogP contribution >= 0.6 is 0 Å². The minimum Gasteiger partial charge on any atom is -0.353 e. The highest BCUT2D eigenvalue weighted by Gasteiger charge is 2.27. The molecule has 1 heterocycles. The molecule has 0 bridgehead atoms. The van der Waals surface area contributed by atoms with Crippen molar-refractivity contribution in [1.82, 2.24) is 15.1 Å². The van der Waals surface area contributed by atoms with Crippen molar-refractivity contribution in [3.63, 3.8) is 0 Å². The minimum absolute atomic E-state index is 0.149. The average Bonchev–Trinajstić information content (AvgIpc) is 2.86. The van der Waals surface area contributed by atoms with Crippen LogP contribution in [0.4, 0.5) is 0 Å². The van der Waals surface area contributed by atoms with Crippen LogP contribution in [0.3, 0.4) is 0 Å². The fraction of sp³-hybridized carbons (Fsp3) is 0.714. The smallest absolute Gasteiger partial charge is 0.222 e. The number of carbonyl (C=O) groups excluding carboxylic acids is 1. The fourth-order valence-corrected chi connectivity index (χ4v) is 2.71. The van der Waals surface area contributed by atoms with Crippen molar-refractivity contribution >= 4 is 5.91 Å². The van der Waals surface area contributed by atoms with Crippen LogP contribution in [0.25, 0.3) is 0 Å². The lowest BCUT2D eigenvalue weighted by atomic mass is 9.78. The van der Waals surface area contributed by atoms with Crippen molar-refractivity contribution in [2.45, 2.75) is 52.1 Å². The largest absolute Gasteiger partial charge is 0.353 e. The molecule has 1 aromatic heterocycles. The van der Waals surface area contributed by atoms with Gasteiger partial charge in [-0.25, -0.2) is 0 Å².